The van der Waals surface area contributed by atoms with E-state index in [9.17, 15) is 13.2 Å². The number of nitrogens with zero attached hydrogens (tertiary/aromatic N) is 2. The van der Waals surface area contributed by atoms with E-state index in [2.05, 4.69) is 24.1 Å². The van der Waals surface area contributed by atoms with Crippen molar-refractivity contribution in [2.24, 2.45) is 5.92 Å². The van der Waals surface area contributed by atoms with E-state index in [4.69, 9.17) is 0 Å². The molecule has 0 atom stereocenters. The van der Waals surface area contributed by atoms with Gasteiger partial charge in [-0.2, -0.15) is 0 Å². The maximum atomic E-state index is 12.3. The molecule has 0 aliphatic heterocycles. The van der Waals surface area contributed by atoms with Crippen molar-refractivity contribution < 1.29 is 13.2 Å². The van der Waals surface area contributed by atoms with Crippen LogP contribution in [0.5, 0.6) is 0 Å². The lowest BCUT2D eigenvalue weighted by Gasteiger charge is -2.27. The zero-order valence-corrected chi connectivity index (χ0v) is 17.7. The molecule has 1 aromatic rings. The number of rotatable bonds is 10. The summed E-state index contributed by atoms with van der Waals surface area (Å²) in [6.07, 6.45) is 1.64. The molecule has 148 valence electrons. The van der Waals surface area contributed by atoms with Gasteiger partial charge in [0, 0.05) is 31.7 Å². The van der Waals surface area contributed by atoms with E-state index in [1.165, 1.54) is 10.6 Å². The van der Waals surface area contributed by atoms with Crippen LogP contribution in [0.3, 0.4) is 0 Å². The molecule has 0 spiro atoms. The first-order valence-corrected chi connectivity index (χ1v) is 11.0. The second kappa shape index (κ2) is 9.80. The summed E-state index contributed by atoms with van der Waals surface area (Å²) in [5.41, 5.74) is 2.63. The molecule has 0 heterocycles. The minimum absolute atomic E-state index is 0.0537. The third-order valence-electron chi connectivity index (χ3n) is 4.21. The SMILES string of the molecule is CCN(CC)c1ccc(N(CCNC(=O)CC(C)C)S(C)(=O)=O)c(C)c1. The lowest BCUT2D eigenvalue weighted by atomic mass is 10.1. The van der Waals surface area contributed by atoms with Crippen LogP contribution in [0.25, 0.3) is 0 Å². The molecule has 0 saturated heterocycles. The van der Waals surface area contributed by atoms with Crippen molar-refractivity contribution in [1.82, 2.24) is 5.32 Å². The van der Waals surface area contributed by atoms with Gasteiger partial charge in [0.25, 0.3) is 0 Å². The molecule has 1 N–H and O–H groups in total. The number of hydrogen-bond donors (Lipinski definition) is 1. The highest BCUT2D eigenvalue weighted by Gasteiger charge is 2.20. The van der Waals surface area contributed by atoms with E-state index in [-0.39, 0.29) is 24.9 Å². The van der Waals surface area contributed by atoms with Gasteiger partial charge in [0.1, 0.15) is 0 Å². The Morgan fingerprint density at radius 1 is 1.19 bits per heavy atom. The van der Waals surface area contributed by atoms with Gasteiger partial charge in [0.2, 0.25) is 15.9 Å². The Morgan fingerprint density at radius 2 is 1.81 bits per heavy atom. The number of nitrogens with one attached hydrogen (secondary N) is 1. The Kier molecular flexibility index (Phi) is 8.40. The Bertz CT molecular complexity index is 698. The number of carbonyl (C=O) groups is 1. The average molecular weight is 384 g/mol. The largest absolute Gasteiger partial charge is 0.372 e. The van der Waals surface area contributed by atoms with E-state index >= 15 is 0 Å². The molecule has 26 heavy (non-hydrogen) atoms. The second-order valence-electron chi connectivity index (χ2n) is 6.93. The van der Waals surface area contributed by atoms with Gasteiger partial charge in [-0.25, -0.2) is 8.42 Å². The Labute approximate surface area is 158 Å². The molecule has 7 heteroatoms. The fourth-order valence-electron chi connectivity index (χ4n) is 2.91. The molecule has 0 saturated carbocycles. The third-order valence-corrected chi connectivity index (χ3v) is 5.39. The third kappa shape index (κ3) is 6.52. The highest BCUT2D eigenvalue weighted by atomic mass is 32.2. The van der Waals surface area contributed by atoms with Crippen LogP contribution in [0.4, 0.5) is 11.4 Å². The number of sulfonamides is 1. The standard InChI is InChI=1S/C19H33N3O3S/c1-7-21(8-2)17-9-10-18(16(5)14-17)22(26(6,24)25)12-11-20-19(23)13-15(3)4/h9-10,14-15H,7-8,11-13H2,1-6H3,(H,20,23). The predicted molar refractivity (Wildman–Crippen MR) is 109 cm³/mol. The molecule has 0 fully saturated rings. The first-order chi connectivity index (χ1) is 12.1. The topological polar surface area (TPSA) is 69.7 Å². The van der Waals surface area contributed by atoms with Crippen molar-refractivity contribution in [3.05, 3.63) is 23.8 Å². The van der Waals surface area contributed by atoms with E-state index in [1.54, 1.807) is 0 Å². The van der Waals surface area contributed by atoms with Crippen molar-refractivity contribution >= 4 is 27.3 Å². The van der Waals surface area contributed by atoms with Gasteiger partial charge >= 0.3 is 0 Å². The summed E-state index contributed by atoms with van der Waals surface area (Å²) < 4.78 is 25.9. The molecule has 0 unspecified atom stereocenters. The predicted octanol–water partition coefficient (Wildman–Crippen LogP) is 2.77. The van der Waals surface area contributed by atoms with E-state index < -0.39 is 10.0 Å². The minimum atomic E-state index is -3.44. The quantitative estimate of drug-likeness (QED) is 0.674. The van der Waals surface area contributed by atoms with Crippen LogP contribution in [0.1, 0.15) is 39.7 Å². The summed E-state index contributed by atoms with van der Waals surface area (Å²) in [7, 11) is -3.44. The average Bonchev–Trinajstić information content (AvgIpc) is 2.52. The van der Waals surface area contributed by atoms with Gasteiger partial charge in [-0.15, -0.1) is 0 Å². The van der Waals surface area contributed by atoms with Crippen LogP contribution in [0, 0.1) is 12.8 Å². The van der Waals surface area contributed by atoms with Gasteiger partial charge < -0.3 is 10.2 Å². The molecular formula is C19H33N3O3S. The number of carbonyl (C=O) groups excluding carboxylic acids is 1. The normalized spacial score (nSPS) is 11.5. The van der Waals surface area contributed by atoms with Crippen LogP contribution in [0.15, 0.2) is 18.2 Å². The van der Waals surface area contributed by atoms with Crippen LogP contribution >= 0.6 is 0 Å². The highest BCUT2D eigenvalue weighted by Crippen LogP contribution is 2.27. The number of benzene rings is 1. The molecular weight excluding hydrogens is 350 g/mol. The molecule has 0 bridgehead atoms. The van der Waals surface area contributed by atoms with Gasteiger partial charge in [-0.1, -0.05) is 13.8 Å². The summed E-state index contributed by atoms with van der Waals surface area (Å²) in [5.74, 6) is 0.220. The maximum Gasteiger partial charge on any atom is 0.232 e. The van der Waals surface area contributed by atoms with Gasteiger partial charge in [0.15, 0.2) is 0 Å². The molecule has 0 aliphatic carbocycles. The Balaban J connectivity index is 2.95. The summed E-state index contributed by atoms with van der Waals surface area (Å²) in [5, 5.41) is 2.80. The Hall–Kier alpha value is -1.76. The molecule has 1 rings (SSSR count). The molecule has 0 aliphatic rings. The van der Waals surface area contributed by atoms with Crippen molar-refractivity contribution in [3.63, 3.8) is 0 Å². The van der Waals surface area contributed by atoms with Crippen LogP contribution < -0.4 is 14.5 Å². The zero-order chi connectivity index (χ0) is 19.9. The lowest BCUT2D eigenvalue weighted by Crippen LogP contribution is -2.38. The number of anilines is 2. The molecule has 0 radical (unpaired) electrons. The number of hydrogen-bond acceptors (Lipinski definition) is 4. The van der Waals surface area contributed by atoms with E-state index in [0.29, 0.717) is 12.1 Å². The first kappa shape index (κ1) is 22.3. The molecule has 1 amide bonds. The second-order valence-corrected chi connectivity index (χ2v) is 8.83. The number of amides is 1. The van der Waals surface area contributed by atoms with Gasteiger partial charge in [-0.3, -0.25) is 9.10 Å². The molecule has 6 nitrogen and oxygen atoms in total. The van der Waals surface area contributed by atoms with Crippen molar-refractivity contribution in [2.45, 2.75) is 41.0 Å². The van der Waals surface area contributed by atoms with Crippen LogP contribution in [-0.4, -0.2) is 46.8 Å². The van der Waals surface area contributed by atoms with Crippen molar-refractivity contribution in [3.8, 4) is 0 Å². The summed E-state index contributed by atoms with van der Waals surface area (Å²) in [6, 6.07) is 5.81. The van der Waals surface area contributed by atoms with E-state index in [0.717, 1.165) is 24.3 Å². The highest BCUT2D eigenvalue weighted by molar-refractivity contribution is 7.92. The molecule has 1 aromatic carbocycles. The monoisotopic (exact) mass is 383 g/mol. The van der Waals surface area contributed by atoms with Gasteiger partial charge in [-0.05, 0) is 50.5 Å². The minimum Gasteiger partial charge on any atom is -0.372 e. The fourth-order valence-corrected chi connectivity index (χ4v) is 3.89. The lowest BCUT2D eigenvalue weighted by molar-refractivity contribution is -0.121. The fraction of sp³-hybridized carbons (Fsp3) is 0.632. The van der Waals surface area contributed by atoms with E-state index in [1.807, 2.05) is 39.0 Å². The zero-order valence-electron chi connectivity index (χ0n) is 16.9. The van der Waals surface area contributed by atoms with Crippen molar-refractivity contribution in [2.75, 3.05) is 41.6 Å². The van der Waals surface area contributed by atoms with Crippen molar-refractivity contribution in [1.29, 1.82) is 0 Å². The smallest absolute Gasteiger partial charge is 0.232 e. The molecule has 0 aromatic heterocycles. The number of aryl methyl sites for hydroxylation is 1. The summed E-state index contributed by atoms with van der Waals surface area (Å²) >= 11 is 0. The van der Waals surface area contributed by atoms with Crippen LogP contribution in [-0.2, 0) is 14.8 Å². The Morgan fingerprint density at radius 3 is 2.27 bits per heavy atom. The first-order valence-electron chi connectivity index (χ1n) is 9.20. The maximum absolute atomic E-state index is 12.3. The van der Waals surface area contributed by atoms with Crippen LogP contribution in [0.2, 0.25) is 0 Å². The summed E-state index contributed by atoms with van der Waals surface area (Å²) in [6.45, 7) is 12.3. The summed E-state index contributed by atoms with van der Waals surface area (Å²) in [4.78, 5) is 14.0. The van der Waals surface area contributed by atoms with Gasteiger partial charge in [0.05, 0.1) is 18.5 Å².